The van der Waals surface area contributed by atoms with Crippen molar-refractivity contribution in [3.05, 3.63) is 42.3 Å². The van der Waals surface area contributed by atoms with Crippen LogP contribution in [0.5, 0.6) is 11.5 Å². The number of halogens is 1. The smallest absolute Gasteiger partial charge is 0.249 e. The molecule has 0 bridgehead atoms. The Balaban J connectivity index is 2.25. The van der Waals surface area contributed by atoms with E-state index < -0.39 is 0 Å². The van der Waals surface area contributed by atoms with E-state index in [1.165, 1.54) is 6.07 Å². The molecule has 5 heteroatoms. The molecule has 23 heavy (non-hydrogen) atoms. The normalized spacial score (nSPS) is 11.5. The maximum absolute atomic E-state index is 14.3. The number of rotatable bonds is 2. The molecular weight excluding hydrogens is 313 g/mol. The van der Waals surface area contributed by atoms with Crippen LogP contribution in [0, 0.1) is 5.82 Å². The number of fused-ring (bicyclic) bond motifs is 5. The first kappa shape index (κ1) is 14.2. The molecule has 3 nitrogen and oxygen atoms in total. The van der Waals surface area contributed by atoms with E-state index in [0.29, 0.717) is 17.0 Å². The Labute approximate surface area is 136 Å². The van der Waals surface area contributed by atoms with E-state index in [9.17, 15) is 4.39 Å². The van der Waals surface area contributed by atoms with E-state index in [0.717, 1.165) is 25.6 Å². The predicted molar refractivity (Wildman–Crippen MR) is 91.1 cm³/mol. The van der Waals surface area contributed by atoms with Crippen LogP contribution in [0.3, 0.4) is 0 Å². The SMILES string of the molecule is COc1cc2sc3c[n+](C)c4c(F)cccc4c3c2cc1OC. The molecule has 4 aromatic rings. The number of nitrogens with zero attached hydrogens (tertiary/aromatic N) is 1. The highest BCUT2D eigenvalue weighted by Gasteiger charge is 2.20. The number of para-hydroxylation sites is 1. The highest BCUT2D eigenvalue weighted by molar-refractivity contribution is 7.26. The molecular formula is C18H15FNO2S+. The van der Waals surface area contributed by atoms with Crippen molar-refractivity contribution in [2.75, 3.05) is 14.2 Å². The molecule has 0 aliphatic heterocycles. The summed E-state index contributed by atoms with van der Waals surface area (Å²) < 4.78 is 29.1. The van der Waals surface area contributed by atoms with E-state index in [1.807, 2.05) is 36.0 Å². The number of aromatic nitrogens is 1. The highest BCUT2D eigenvalue weighted by atomic mass is 32.1. The second-order valence-electron chi connectivity index (χ2n) is 5.42. The van der Waals surface area contributed by atoms with Crippen LogP contribution in [0.15, 0.2) is 36.5 Å². The van der Waals surface area contributed by atoms with Gasteiger partial charge in [-0.2, -0.15) is 8.96 Å². The number of benzene rings is 2. The second kappa shape index (κ2) is 5.06. The number of aryl methyl sites for hydroxylation is 1. The first-order valence-electron chi connectivity index (χ1n) is 7.19. The van der Waals surface area contributed by atoms with Gasteiger partial charge in [-0.05, 0) is 18.2 Å². The van der Waals surface area contributed by atoms with Gasteiger partial charge in [0.25, 0.3) is 0 Å². The topological polar surface area (TPSA) is 22.3 Å². The quantitative estimate of drug-likeness (QED) is 0.515. The van der Waals surface area contributed by atoms with Gasteiger partial charge in [0.2, 0.25) is 5.52 Å². The van der Waals surface area contributed by atoms with Gasteiger partial charge in [0.15, 0.2) is 23.5 Å². The summed E-state index contributed by atoms with van der Waals surface area (Å²) in [5, 5.41) is 3.01. The third-order valence-corrected chi connectivity index (χ3v) is 5.23. The summed E-state index contributed by atoms with van der Waals surface area (Å²) in [5.41, 5.74) is 0.606. The maximum Gasteiger partial charge on any atom is 0.249 e. The second-order valence-corrected chi connectivity index (χ2v) is 6.50. The van der Waals surface area contributed by atoms with E-state index >= 15 is 0 Å². The summed E-state index contributed by atoms with van der Waals surface area (Å²) in [7, 11) is 5.12. The lowest BCUT2D eigenvalue weighted by Crippen LogP contribution is -2.29. The molecule has 2 aromatic carbocycles. The summed E-state index contributed by atoms with van der Waals surface area (Å²) in [5.74, 6) is 1.16. The zero-order chi connectivity index (χ0) is 16.1. The van der Waals surface area contributed by atoms with Crippen LogP contribution in [0.4, 0.5) is 4.39 Å². The first-order valence-corrected chi connectivity index (χ1v) is 8.00. The Kier molecular flexibility index (Phi) is 3.13. The fraction of sp³-hybridized carbons (Fsp3) is 0.167. The van der Waals surface area contributed by atoms with Crippen molar-refractivity contribution in [2.45, 2.75) is 0 Å². The minimum absolute atomic E-state index is 0.216. The molecule has 2 heterocycles. The van der Waals surface area contributed by atoms with Gasteiger partial charge < -0.3 is 9.47 Å². The van der Waals surface area contributed by atoms with Gasteiger partial charge >= 0.3 is 0 Å². The van der Waals surface area contributed by atoms with Crippen molar-refractivity contribution in [3.63, 3.8) is 0 Å². The summed E-state index contributed by atoms with van der Waals surface area (Å²) in [6.45, 7) is 0. The van der Waals surface area contributed by atoms with Crippen molar-refractivity contribution in [1.29, 1.82) is 0 Å². The number of thiophene rings is 1. The maximum atomic E-state index is 14.3. The van der Waals surface area contributed by atoms with E-state index in [-0.39, 0.29) is 5.82 Å². The Hall–Kier alpha value is -2.40. The average molecular weight is 328 g/mol. The standard InChI is InChI=1S/C18H15FNO2S/c1-20-9-16-17(10-5-4-6-12(19)18(10)20)11-7-13(21-2)14(22-3)8-15(11)23-16/h4-9H,1-3H3/q+1. The molecule has 4 rings (SSSR count). The van der Waals surface area contributed by atoms with Gasteiger partial charge in [0, 0.05) is 21.5 Å². The minimum atomic E-state index is -0.216. The van der Waals surface area contributed by atoms with E-state index in [4.69, 9.17) is 9.47 Å². The lowest BCUT2D eigenvalue weighted by Gasteiger charge is -2.07. The Morgan fingerprint density at radius 3 is 2.48 bits per heavy atom. The van der Waals surface area contributed by atoms with E-state index in [2.05, 4.69) is 0 Å². The van der Waals surface area contributed by atoms with Crippen LogP contribution in [-0.4, -0.2) is 14.2 Å². The van der Waals surface area contributed by atoms with Crippen LogP contribution >= 0.6 is 11.3 Å². The summed E-state index contributed by atoms with van der Waals surface area (Å²) >= 11 is 1.67. The molecule has 0 saturated carbocycles. The van der Waals surface area contributed by atoms with Gasteiger partial charge in [-0.3, -0.25) is 0 Å². The summed E-state index contributed by atoms with van der Waals surface area (Å²) in [4.78, 5) is 0. The van der Waals surface area contributed by atoms with Crippen molar-refractivity contribution >= 4 is 42.4 Å². The molecule has 2 aromatic heterocycles. The highest BCUT2D eigenvalue weighted by Crippen LogP contribution is 2.42. The third kappa shape index (κ3) is 1.96. The molecule has 0 fully saturated rings. The Morgan fingerprint density at radius 2 is 1.74 bits per heavy atom. The lowest BCUT2D eigenvalue weighted by molar-refractivity contribution is -0.644. The molecule has 0 aliphatic rings. The number of ether oxygens (including phenoxy) is 2. The van der Waals surface area contributed by atoms with Crippen molar-refractivity contribution in [2.24, 2.45) is 7.05 Å². The van der Waals surface area contributed by atoms with Crippen LogP contribution in [0.2, 0.25) is 0 Å². The fourth-order valence-corrected chi connectivity index (χ4v) is 4.33. The molecule has 0 spiro atoms. The molecule has 0 unspecified atom stereocenters. The molecule has 0 atom stereocenters. The summed E-state index contributed by atoms with van der Waals surface area (Å²) in [6.07, 6.45) is 1.98. The monoisotopic (exact) mass is 328 g/mol. The zero-order valence-electron chi connectivity index (χ0n) is 13.0. The largest absolute Gasteiger partial charge is 0.493 e. The summed E-state index contributed by atoms with van der Waals surface area (Å²) in [6, 6.07) is 9.15. The number of pyridine rings is 1. The third-order valence-electron chi connectivity index (χ3n) is 4.14. The van der Waals surface area contributed by atoms with Gasteiger partial charge in [-0.1, -0.05) is 6.07 Å². The fourth-order valence-electron chi connectivity index (χ4n) is 3.13. The average Bonchev–Trinajstić information content (AvgIpc) is 2.90. The molecule has 0 saturated heterocycles. The molecule has 0 aliphatic carbocycles. The molecule has 0 N–H and O–H groups in total. The number of hydrogen-bond acceptors (Lipinski definition) is 3. The van der Waals surface area contributed by atoms with Crippen LogP contribution in [0.25, 0.3) is 31.1 Å². The van der Waals surface area contributed by atoms with Gasteiger partial charge in [-0.15, -0.1) is 11.3 Å². The van der Waals surface area contributed by atoms with E-state index in [1.54, 1.807) is 31.6 Å². The Morgan fingerprint density at radius 1 is 1.00 bits per heavy atom. The number of hydrogen-bond donors (Lipinski definition) is 0. The zero-order valence-corrected chi connectivity index (χ0v) is 13.8. The molecule has 0 amide bonds. The molecule has 0 radical (unpaired) electrons. The van der Waals surface area contributed by atoms with Crippen molar-refractivity contribution < 1.29 is 18.4 Å². The van der Waals surface area contributed by atoms with Crippen molar-refractivity contribution in [3.8, 4) is 11.5 Å². The van der Waals surface area contributed by atoms with Crippen molar-refractivity contribution in [1.82, 2.24) is 0 Å². The van der Waals surface area contributed by atoms with Gasteiger partial charge in [0.05, 0.1) is 19.6 Å². The Bertz CT molecular complexity index is 1070. The van der Waals surface area contributed by atoms with Gasteiger partial charge in [-0.25, -0.2) is 0 Å². The first-order chi connectivity index (χ1) is 11.1. The number of methoxy groups -OCH3 is 2. The minimum Gasteiger partial charge on any atom is -0.493 e. The van der Waals surface area contributed by atoms with Crippen LogP contribution < -0.4 is 14.0 Å². The van der Waals surface area contributed by atoms with Crippen LogP contribution in [0.1, 0.15) is 0 Å². The van der Waals surface area contributed by atoms with Crippen LogP contribution in [-0.2, 0) is 7.05 Å². The molecule has 116 valence electrons. The van der Waals surface area contributed by atoms with Gasteiger partial charge in [0.1, 0.15) is 11.7 Å². The predicted octanol–water partition coefficient (Wildman–Crippen LogP) is 4.19. The lowest BCUT2D eigenvalue weighted by atomic mass is 10.1.